The van der Waals surface area contributed by atoms with Gasteiger partial charge in [-0.2, -0.15) is 5.26 Å². The molecule has 0 aliphatic rings. The van der Waals surface area contributed by atoms with Gasteiger partial charge in [-0.1, -0.05) is 36.4 Å². The number of imidazole rings is 1. The van der Waals surface area contributed by atoms with Crippen LogP contribution in [0.1, 0.15) is 23.9 Å². The molecule has 0 aliphatic carbocycles. The Bertz CT molecular complexity index is 1270. The van der Waals surface area contributed by atoms with E-state index in [9.17, 15) is 9.65 Å². The van der Waals surface area contributed by atoms with Crippen LogP contribution in [0.5, 0.6) is 11.5 Å². The van der Waals surface area contributed by atoms with E-state index in [-0.39, 0.29) is 5.82 Å². The van der Waals surface area contributed by atoms with E-state index in [4.69, 9.17) is 9.47 Å². The molecule has 0 radical (unpaired) electrons. The summed E-state index contributed by atoms with van der Waals surface area (Å²) < 4.78 is 25.1. The van der Waals surface area contributed by atoms with Gasteiger partial charge in [-0.3, -0.25) is 0 Å². The Balaban J connectivity index is 1.61. The van der Waals surface area contributed by atoms with Gasteiger partial charge >= 0.3 is 0 Å². The number of ether oxygens (including phenoxy) is 2. The molecule has 0 atom stereocenters. The van der Waals surface area contributed by atoms with Gasteiger partial charge in [0.25, 0.3) is 0 Å². The number of allylic oxidation sites excluding steroid dienone is 1. The van der Waals surface area contributed by atoms with E-state index in [1.54, 1.807) is 12.1 Å². The van der Waals surface area contributed by atoms with E-state index in [1.165, 1.54) is 12.1 Å². The van der Waals surface area contributed by atoms with Crippen molar-refractivity contribution in [2.24, 2.45) is 0 Å². The zero-order valence-corrected chi connectivity index (χ0v) is 16.9. The van der Waals surface area contributed by atoms with Crippen molar-refractivity contribution in [1.29, 1.82) is 5.26 Å². The second-order valence-electron chi connectivity index (χ2n) is 6.83. The van der Waals surface area contributed by atoms with Gasteiger partial charge in [0.1, 0.15) is 24.3 Å². The van der Waals surface area contributed by atoms with Gasteiger partial charge < -0.3 is 14.5 Å². The van der Waals surface area contributed by atoms with Crippen LogP contribution in [0.2, 0.25) is 0 Å². The van der Waals surface area contributed by atoms with Crippen molar-refractivity contribution in [2.75, 3.05) is 6.61 Å². The molecule has 4 aromatic rings. The Labute approximate surface area is 179 Å². The number of fused-ring (bicyclic) bond motifs is 1. The number of hydrogen-bond donors (Lipinski definition) is 1. The van der Waals surface area contributed by atoms with Gasteiger partial charge in [-0.15, -0.1) is 0 Å². The Morgan fingerprint density at radius 1 is 1.06 bits per heavy atom. The highest BCUT2D eigenvalue weighted by Gasteiger charge is 2.11. The van der Waals surface area contributed by atoms with Crippen molar-refractivity contribution in [3.8, 4) is 17.6 Å². The molecular formula is C25H20FN3O2. The third kappa shape index (κ3) is 4.73. The van der Waals surface area contributed by atoms with Crippen molar-refractivity contribution in [1.82, 2.24) is 9.97 Å². The molecule has 31 heavy (non-hydrogen) atoms. The van der Waals surface area contributed by atoms with Gasteiger partial charge in [0.2, 0.25) is 0 Å². The molecule has 1 aromatic heterocycles. The lowest BCUT2D eigenvalue weighted by Crippen LogP contribution is -2.00. The molecular weight excluding hydrogens is 393 g/mol. The summed E-state index contributed by atoms with van der Waals surface area (Å²) in [5.74, 6) is 1.24. The first-order chi connectivity index (χ1) is 15.2. The zero-order chi connectivity index (χ0) is 21.6. The van der Waals surface area contributed by atoms with Crippen LogP contribution in [0, 0.1) is 17.1 Å². The third-order valence-corrected chi connectivity index (χ3v) is 4.64. The number of aromatic nitrogens is 2. The van der Waals surface area contributed by atoms with Crippen LogP contribution in [-0.2, 0) is 6.61 Å². The summed E-state index contributed by atoms with van der Waals surface area (Å²) in [7, 11) is 0. The van der Waals surface area contributed by atoms with Crippen LogP contribution in [-0.4, -0.2) is 16.6 Å². The lowest BCUT2D eigenvalue weighted by molar-refractivity contribution is 0.269. The number of nitriles is 1. The summed E-state index contributed by atoms with van der Waals surface area (Å²) in [6.07, 6.45) is 1.71. The van der Waals surface area contributed by atoms with Crippen LogP contribution < -0.4 is 9.47 Å². The standard InChI is InChI=1S/C25H20FN3O2/c1-2-30-24-13-18(8-11-23(24)31-16-17-6-4-3-5-7-17)12-19(15-27)25-28-21-10-9-20(26)14-22(21)29-25/h3-14H,2,16H2,1H3,(H,28,29)/b19-12-. The second-order valence-corrected chi connectivity index (χ2v) is 6.83. The average Bonchev–Trinajstić information content (AvgIpc) is 3.20. The third-order valence-electron chi connectivity index (χ3n) is 4.64. The number of rotatable bonds is 7. The Morgan fingerprint density at radius 2 is 1.90 bits per heavy atom. The number of nitrogens with one attached hydrogen (secondary N) is 1. The highest BCUT2D eigenvalue weighted by atomic mass is 19.1. The summed E-state index contributed by atoms with van der Waals surface area (Å²) in [6, 6.07) is 21.8. The van der Waals surface area contributed by atoms with Gasteiger partial charge in [-0.05, 0) is 54.5 Å². The quantitative estimate of drug-likeness (QED) is 0.392. The molecule has 5 nitrogen and oxygen atoms in total. The van der Waals surface area contributed by atoms with E-state index in [0.717, 1.165) is 11.1 Å². The molecule has 6 heteroatoms. The van der Waals surface area contributed by atoms with Crippen LogP contribution in [0.15, 0.2) is 66.7 Å². The Morgan fingerprint density at radius 3 is 2.68 bits per heavy atom. The predicted molar refractivity (Wildman–Crippen MR) is 118 cm³/mol. The summed E-state index contributed by atoms with van der Waals surface area (Å²) in [6.45, 7) is 2.81. The molecule has 0 unspecified atom stereocenters. The molecule has 0 saturated heterocycles. The molecule has 0 amide bonds. The fraction of sp³-hybridized carbons (Fsp3) is 0.120. The van der Waals surface area contributed by atoms with Gasteiger partial charge in [0, 0.05) is 0 Å². The minimum Gasteiger partial charge on any atom is -0.490 e. The summed E-state index contributed by atoms with van der Waals surface area (Å²) in [5, 5.41) is 9.65. The second kappa shape index (κ2) is 9.14. The monoisotopic (exact) mass is 413 g/mol. The highest BCUT2D eigenvalue weighted by molar-refractivity contribution is 5.90. The highest BCUT2D eigenvalue weighted by Crippen LogP contribution is 2.31. The first kappa shape index (κ1) is 20.2. The van der Waals surface area contributed by atoms with E-state index in [0.29, 0.717) is 47.1 Å². The van der Waals surface area contributed by atoms with Crippen molar-refractivity contribution >= 4 is 22.7 Å². The van der Waals surface area contributed by atoms with E-state index < -0.39 is 0 Å². The predicted octanol–water partition coefficient (Wildman–Crippen LogP) is 5.74. The molecule has 154 valence electrons. The maximum Gasteiger partial charge on any atom is 0.161 e. The average molecular weight is 413 g/mol. The lowest BCUT2D eigenvalue weighted by Gasteiger charge is -2.13. The first-order valence-electron chi connectivity index (χ1n) is 9.87. The number of H-pyrrole nitrogens is 1. The van der Waals surface area contributed by atoms with E-state index in [2.05, 4.69) is 16.0 Å². The smallest absolute Gasteiger partial charge is 0.161 e. The minimum absolute atomic E-state index is 0.331. The Kier molecular flexibility index (Phi) is 5.95. The maximum absolute atomic E-state index is 13.4. The minimum atomic E-state index is -0.363. The van der Waals surface area contributed by atoms with Crippen molar-refractivity contribution < 1.29 is 13.9 Å². The SMILES string of the molecule is CCOc1cc(/C=C(/C#N)c2nc3ccc(F)cc3[nH]2)ccc1OCc1ccccc1. The number of hydrogen-bond acceptors (Lipinski definition) is 4. The Hall–Kier alpha value is -4.11. The lowest BCUT2D eigenvalue weighted by atomic mass is 10.1. The van der Waals surface area contributed by atoms with Crippen molar-refractivity contribution in [3.63, 3.8) is 0 Å². The first-order valence-corrected chi connectivity index (χ1v) is 9.87. The number of benzene rings is 3. The summed E-state index contributed by atoms with van der Waals surface area (Å²) in [5.41, 5.74) is 3.28. The summed E-state index contributed by atoms with van der Waals surface area (Å²) in [4.78, 5) is 7.39. The number of aromatic amines is 1. The van der Waals surface area contributed by atoms with Crippen LogP contribution in [0.3, 0.4) is 0 Å². The molecule has 0 saturated carbocycles. The van der Waals surface area contributed by atoms with E-state index >= 15 is 0 Å². The normalized spacial score (nSPS) is 11.3. The van der Waals surface area contributed by atoms with Crippen LogP contribution in [0.4, 0.5) is 4.39 Å². The number of nitrogens with zero attached hydrogens (tertiary/aromatic N) is 2. The summed E-state index contributed by atoms with van der Waals surface area (Å²) >= 11 is 0. The molecule has 3 aromatic carbocycles. The van der Waals surface area contributed by atoms with Crippen molar-refractivity contribution in [3.05, 3.63) is 89.5 Å². The molecule has 4 rings (SSSR count). The van der Waals surface area contributed by atoms with E-state index in [1.807, 2.05) is 55.5 Å². The molecule has 1 N–H and O–H groups in total. The fourth-order valence-electron chi connectivity index (χ4n) is 3.17. The largest absolute Gasteiger partial charge is 0.490 e. The van der Waals surface area contributed by atoms with Gasteiger partial charge in [0.15, 0.2) is 11.5 Å². The molecule has 0 spiro atoms. The maximum atomic E-state index is 13.4. The molecule has 0 aliphatic heterocycles. The van der Waals surface area contributed by atoms with Crippen molar-refractivity contribution in [2.45, 2.75) is 13.5 Å². The topological polar surface area (TPSA) is 70.9 Å². The van der Waals surface area contributed by atoms with Crippen LogP contribution in [0.25, 0.3) is 22.7 Å². The van der Waals surface area contributed by atoms with Gasteiger partial charge in [0.05, 0.1) is 23.2 Å². The fourth-order valence-corrected chi connectivity index (χ4v) is 3.17. The van der Waals surface area contributed by atoms with Gasteiger partial charge in [-0.25, -0.2) is 9.37 Å². The number of halogens is 1. The zero-order valence-electron chi connectivity index (χ0n) is 16.9. The molecule has 0 bridgehead atoms. The molecule has 0 fully saturated rings. The van der Waals surface area contributed by atoms with Crippen LogP contribution >= 0.6 is 0 Å². The molecule has 1 heterocycles.